The van der Waals surface area contributed by atoms with Crippen molar-refractivity contribution in [1.29, 1.82) is 0 Å². The molecule has 1 atom stereocenters. The molecule has 1 aliphatic rings. The second-order valence-electron chi connectivity index (χ2n) is 5.94. The van der Waals surface area contributed by atoms with E-state index in [-0.39, 0.29) is 11.9 Å². The van der Waals surface area contributed by atoms with E-state index in [1.165, 1.54) is 0 Å². The van der Waals surface area contributed by atoms with Gasteiger partial charge in [-0.2, -0.15) is 0 Å². The molecule has 0 bridgehead atoms. The van der Waals surface area contributed by atoms with E-state index in [0.29, 0.717) is 18.8 Å². The summed E-state index contributed by atoms with van der Waals surface area (Å²) in [5.74, 6) is -0.0974. The highest BCUT2D eigenvalue weighted by Crippen LogP contribution is 2.22. The Labute approximate surface area is 136 Å². The van der Waals surface area contributed by atoms with Gasteiger partial charge in [-0.25, -0.2) is 0 Å². The highest BCUT2D eigenvalue weighted by Gasteiger charge is 2.19. The molecule has 1 amide bonds. The van der Waals surface area contributed by atoms with Crippen molar-refractivity contribution in [3.63, 3.8) is 0 Å². The van der Waals surface area contributed by atoms with Gasteiger partial charge in [-0.05, 0) is 30.2 Å². The van der Waals surface area contributed by atoms with E-state index in [1.807, 2.05) is 32.3 Å². The minimum Gasteiger partial charge on any atom is -0.379 e. The molecule has 0 aliphatic carbocycles. The standard InChI is InChI=1S/C18H21N3O2/c1-21(2)17-5-3-13(4-6-17)14-9-15(11-19-10-14)18(22)20-16-7-8-23-12-16/h3-6,9-11,16H,7-8,12H2,1-2H3,(H,20,22)/t16-/m1/s1. The van der Waals surface area contributed by atoms with Gasteiger partial charge in [0.2, 0.25) is 0 Å². The molecule has 1 aliphatic heterocycles. The van der Waals surface area contributed by atoms with E-state index in [0.717, 1.165) is 23.2 Å². The molecule has 1 aromatic carbocycles. The average molecular weight is 311 g/mol. The van der Waals surface area contributed by atoms with Gasteiger partial charge in [0.15, 0.2) is 0 Å². The smallest absolute Gasteiger partial charge is 0.253 e. The summed E-state index contributed by atoms with van der Waals surface area (Å²) in [6, 6.07) is 10.2. The van der Waals surface area contributed by atoms with Gasteiger partial charge in [0.1, 0.15) is 0 Å². The van der Waals surface area contributed by atoms with Crippen LogP contribution in [0.15, 0.2) is 42.7 Å². The summed E-state index contributed by atoms with van der Waals surface area (Å²) < 4.78 is 5.28. The molecule has 0 spiro atoms. The van der Waals surface area contributed by atoms with Crippen LogP contribution in [0.25, 0.3) is 11.1 Å². The van der Waals surface area contributed by atoms with Crippen LogP contribution in [0.3, 0.4) is 0 Å². The third kappa shape index (κ3) is 3.68. The molecule has 1 aromatic heterocycles. The topological polar surface area (TPSA) is 54.5 Å². The molecule has 0 saturated carbocycles. The highest BCUT2D eigenvalue weighted by atomic mass is 16.5. The second kappa shape index (κ2) is 6.79. The van der Waals surface area contributed by atoms with Gasteiger partial charge in [0.05, 0.1) is 18.2 Å². The minimum atomic E-state index is -0.0974. The first-order valence-electron chi connectivity index (χ1n) is 7.75. The number of amides is 1. The zero-order valence-electron chi connectivity index (χ0n) is 13.5. The lowest BCUT2D eigenvalue weighted by atomic mass is 10.1. The van der Waals surface area contributed by atoms with Crippen molar-refractivity contribution in [2.24, 2.45) is 0 Å². The molecule has 1 fully saturated rings. The summed E-state index contributed by atoms with van der Waals surface area (Å²) in [5, 5.41) is 2.99. The SMILES string of the molecule is CN(C)c1ccc(-c2cncc(C(=O)N[C@@H]3CCOC3)c2)cc1. The molecule has 1 saturated heterocycles. The maximum absolute atomic E-state index is 12.3. The summed E-state index contributed by atoms with van der Waals surface area (Å²) in [6.07, 6.45) is 4.24. The summed E-state index contributed by atoms with van der Waals surface area (Å²) in [5.41, 5.74) is 3.69. The van der Waals surface area contributed by atoms with E-state index in [1.54, 1.807) is 12.4 Å². The highest BCUT2D eigenvalue weighted by molar-refractivity contribution is 5.95. The lowest BCUT2D eigenvalue weighted by molar-refractivity contribution is 0.0929. The summed E-state index contributed by atoms with van der Waals surface area (Å²) in [7, 11) is 4.02. The first-order chi connectivity index (χ1) is 11.1. The molecule has 2 aromatic rings. The van der Waals surface area contributed by atoms with E-state index in [9.17, 15) is 4.79 Å². The molecule has 5 heteroatoms. The Balaban J connectivity index is 1.77. The monoisotopic (exact) mass is 311 g/mol. The number of carbonyl (C=O) groups is 1. The first-order valence-corrected chi connectivity index (χ1v) is 7.75. The number of benzene rings is 1. The van der Waals surface area contributed by atoms with Crippen molar-refractivity contribution in [2.45, 2.75) is 12.5 Å². The summed E-state index contributed by atoms with van der Waals surface area (Å²) in [6.45, 7) is 1.30. The predicted octanol–water partition coefficient (Wildman–Crippen LogP) is 2.33. The van der Waals surface area contributed by atoms with Gasteiger partial charge in [-0.3, -0.25) is 9.78 Å². The van der Waals surface area contributed by atoms with Gasteiger partial charge in [0.25, 0.3) is 5.91 Å². The predicted molar refractivity (Wildman–Crippen MR) is 90.7 cm³/mol. The lowest BCUT2D eigenvalue weighted by Gasteiger charge is -2.13. The number of nitrogens with one attached hydrogen (secondary N) is 1. The third-order valence-corrected chi connectivity index (χ3v) is 3.98. The molecule has 0 radical (unpaired) electrons. The number of ether oxygens (including phenoxy) is 1. The largest absolute Gasteiger partial charge is 0.379 e. The fourth-order valence-electron chi connectivity index (χ4n) is 2.59. The molecule has 120 valence electrons. The first kappa shape index (κ1) is 15.5. The summed E-state index contributed by atoms with van der Waals surface area (Å²) in [4.78, 5) is 18.6. The van der Waals surface area contributed by atoms with Gasteiger partial charge >= 0.3 is 0 Å². The Morgan fingerprint density at radius 3 is 2.65 bits per heavy atom. The Bertz CT molecular complexity index is 677. The molecule has 5 nitrogen and oxygen atoms in total. The number of rotatable bonds is 4. The van der Waals surface area contributed by atoms with Crippen LogP contribution in [-0.4, -0.2) is 44.2 Å². The Hall–Kier alpha value is -2.40. The summed E-state index contributed by atoms with van der Waals surface area (Å²) >= 11 is 0. The van der Waals surface area contributed by atoms with Crippen LogP contribution in [0, 0.1) is 0 Å². The maximum Gasteiger partial charge on any atom is 0.253 e. The number of nitrogens with zero attached hydrogens (tertiary/aromatic N) is 2. The molecule has 3 rings (SSSR count). The van der Waals surface area contributed by atoms with Gasteiger partial charge in [-0.1, -0.05) is 12.1 Å². The maximum atomic E-state index is 12.3. The molecule has 23 heavy (non-hydrogen) atoms. The molecule has 2 heterocycles. The molecule has 1 N–H and O–H groups in total. The van der Waals surface area contributed by atoms with Crippen molar-refractivity contribution >= 4 is 11.6 Å². The zero-order chi connectivity index (χ0) is 16.2. The number of aromatic nitrogens is 1. The fraction of sp³-hybridized carbons (Fsp3) is 0.333. The van der Waals surface area contributed by atoms with Crippen LogP contribution in [0.1, 0.15) is 16.8 Å². The van der Waals surface area contributed by atoms with Crippen LogP contribution in [0.5, 0.6) is 0 Å². The van der Waals surface area contributed by atoms with Crippen LogP contribution in [0.4, 0.5) is 5.69 Å². The van der Waals surface area contributed by atoms with Crippen LogP contribution >= 0.6 is 0 Å². The molecular formula is C18H21N3O2. The number of anilines is 1. The van der Waals surface area contributed by atoms with Gasteiger partial charge < -0.3 is 15.0 Å². The fourth-order valence-corrected chi connectivity index (χ4v) is 2.59. The van der Waals surface area contributed by atoms with E-state index >= 15 is 0 Å². The van der Waals surface area contributed by atoms with Crippen molar-refractivity contribution < 1.29 is 9.53 Å². The Morgan fingerprint density at radius 2 is 2.00 bits per heavy atom. The van der Waals surface area contributed by atoms with Crippen LogP contribution in [-0.2, 0) is 4.74 Å². The number of carbonyl (C=O) groups excluding carboxylic acids is 1. The lowest BCUT2D eigenvalue weighted by Crippen LogP contribution is -2.35. The Morgan fingerprint density at radius 1 is 1.22 bits per heavy atom. The second-order valence-corrected chi connectivity index (χ2v) is 5.94. The zero-order valence-corrected chi connectivity index (χ0v) is 13.5. The van der Waals surface area contributed by atoms with Crippen molar-refractivity contribution in [1.82, 2.24) is 10.3 Å². The quantitative estimate of drug-likeness (QED) is 0.941. The molecule has 0 unspecified atom stereocenters. The number of hydrogen-bond acceptors (Lipinski definition) is 4. The number of pyridine rings is 1. The van der Waals surface area contributed by atoms with Crippen LogP contribution < -0.4 is 10.2 Å². The van der Waals surface area contributed by atoms with Crippen molar-refractivity contribution in [3.8, 4) is 11.1 Å². The van der Waals surface area contributed by atoms with Gasteiger partial charge in [0, 0.05) is 44.3 Å². The minimum absolute atomic E-state index is 0.0974. The van der Waals surface area contributed by atoms with Gasteiger partial charge in [-0.15, -0.1) is 0 Å². The number of hydrogen-bond donors (Lipinski definition) is 1. The van der Waals surface area contributed by atoms with E-state index in [2.05, 4.69) is 27.3 Å². The third-order valence-electron chi connectivity index (χ3n) is 3.98. The average Bonchev–Trinajstić information content (AvgIpc) is 3.08. The van der Waals surface area contributed by atoms with E-state index < -0.39 is 0 Å². The van der Waals surface area contributed by atoms with E-state index in [4.69, 9.17) is 4.74 Å². The van der Waals surface area contributed by atoms with Crippen molar-refractivity contribution in [3.05, 3.63) is 48.3 Å². The van der Waals surface area contributed by atoms with Crippen LogP contribution in [0.2, 0.25) is 0 Å². The molecular weight excluding hydrogens is 290 g/mol. The normalized spacial score (nSPS) is 17.0. The van der Waals surface area contributed by atoms with Crippen molar-refractivity contribution in [2.75, 3.05) is 32.2 Å². The Kier molecular flexibility index (Phi) is 4.57.